The highest BCUT2D eigenvalue weighted by atomic mass is 16.6. The van der Waals surface area contributed by atoms with Crippen LogP contribution in [-0.4, -0.2) is 44.6 Å². The number of rotatable bonds is 6. The van der Waals surface area contributed by atoms with Crippen molar-refractivity contribution in [2.45, 2.75) is 37.9 Å². The fourth-order valence-electron chi connectivity index (χ4n) is 3.33. The number of phenols is 4. The highest BCUT2D eigenvalue weighted by molar-refractivity contribution is 5.88. The molecule has 0 bridgehead atoms. The molecule has 8 nitrogen and oxygen atoms in total. The molecule has 0 spiro atoms. The maximum atomic E-state index is 12.2. The largest absolute Gasteiger partial charge is 0.504 e. The second-order valence-electron chi connectivity index (χ2n) is 7.40. The smallest absolute Gasteiger partial charge is 0.331 e. The van der Waals surface area contributed by atoms with Gasteiger partial charge in [0.2, 0.25) is 0 Å². The highest BCUT2D eigenvalue weighted by Gasteiger charge is 2.30. The van der Waals surface area contributed by atoms with E-state index < -0.39 is 24.1 Å². The minimum absolute atomic E-state index is 0.257. The number of aromatic hydroxyl groups is 4. The summed E-state index contributed by atoms with van der Waals surface area (Å²) >= 11 is 0. The Morgan fingerprint density at radius 1 is 0.688 bits per heavy atom. The molecule has 168 valence electrons. The van der Waals surface area contributed by atoms with Crippen LogP contribution in [-0.2, 0) is 19.1 Å². The van der Waals surface area contributed by atoms with Crippen molar-refractivity contribution in [1.29, 1.82) is 0 Å². The van der Waals surface area contributed by atoms with Crippen LogP contribution in [0.5, 0.6) is 23.0 Å². The van der Waals surface area contributed by atoms with E-state index in [4.69, 9.17) is 9.47 Å². The van der Waals surface area contributed by atoms with Gasteiger partial charge in [0.15, 0.2) is 23.0 Å². The highest BCUT2D eigenvalue weighted by Crippen LogP contribution is 2.27. The minimum Gasteiger partial charge on any atom is -0.504 e. The van der Waals surface area contributed by atoms with Crippen molar-refractivity contribution in [3.05, 3.63) is 59.7 Å². The van der Waals surface area contributed by atoms with E-state index in [2.05, 4.69) is 0 Å². The Hall–Kier alpha value is -3.94. The van der Waals surface area contributed by atoms with Crippen LogP contribution < -0.4 is 0 Å². The summed E-state index contributed by atoms with van der Waals surface area (Å²) in [6, 6.07) is 8.30. The first kappa shape index (κ1) is 22.7. The van der Waals surface area contributed by atoms with Crippen LogP contribution in [0.1, 0.15) is 36.8 Å². The number of benzene rings is 2. The summed E-state index contributed by atoms with van der Waals surface area (Å²) in [7, 11) is 0. The quantitative estimate of drug-likeness (QED) is 0.304. The van der Waals surface area contributed by atoms with Crippen LogP contribution in [0.3, 0.4) is 0 Å². The van der Waals surface area contributed by atoms with Gasteiger partial charge in [0, 0.05) is 12.2 Å². The number of phenolic OH excluding ortho intramolecular Hbond substituents is 4. The maximum absolute atomic E-state index is 12.2. The van der Waals surface area contributed by atoms with Crippen molar-refractivity contribution in [1.82, 2.24) is 0 Å². The molecule has 0 radical (unpaired) electrons. The van der Waals surface area contributed by atoms with Crippen LogP contribution in [0, 0.1) is 0 Å². The van der Waals surface area contributed by atoms with Gasteiger partial charge in [-0.25, -0.2) is 9.59 Å². The molecule has 8 heteroatoms. The minimum atomic E-state index is -0.611. The molecule has 2 aromatic carbocycles. The molecule has 2 aromatic rings. The fraction of sp³-hybridized carbons (Fsp3) is 0.250. The van der Waals surface area contributed by atoms with Crippen LogP contribution in [0.2, 0.25) is 0 Å². The lowest BCUT2D eigenvalue weighted by atomic mass is 9.94. The Morgan fingerprint density at radius 2 is 1.09 bits per heavy atom. The number of carbonyl (C=O) groups is 2. The summed E-state index contributed by atoms with van der Waals surface area (Å²) in [4.78, 5) is 24.4. The lowest BCUT2D eigenvalue weighted by Crippen LogP contribution is -2.37. The van der Waals surface area contributed by atoms with Crippen LogP contribution >= 0.6 is 0 Å². The zero-order valence-corrected chi connectivity index (χ0v) is 17.2. The molecule has 1 aliphatic carbocycles. The Kier molecular flexibility index (Phi) is 7.38. The van der Waals surface area contributed by atoms with Crippen LogP contribution in [0.4, 0.5) is 0 Å². The lowest BCUT2D eigenvalue weighted by Gasteiger charge is -2.30. The number of ether oxygens (including phenoxy) is 2. The molecular formula is C24H24O8. The lowest BCUT2D eigenvalue weighted by molar-refractivity contribution is -0.165. The monoisotopic (exact) mass is 440 g/mol. The number of carbonyl (C=O) groups excluding carboxylic acids is 2. The second-order valence-corrected chi connectivity index (χ2v) is 7.40. The van der Waals surface area contributed by atoms with Gasteiger partial charge in [0.25, 0.3) is 0 Å². The second kappa shape index (κ2) is 10.4. The van der Waals surface area contributed by atoms with Crippen molar-refractivity contribution < 1.29 is 39.5 Å². The van der Waals surface area contributed by atoms with E-state index in [1.165, 1.54) is 60.7 Å². The Morgan fingerprint density at radius 3 is 1.47 bits per heavy atom. The average molecular weight is 440 g/mol. The molecule has 1 saturated carbocycles. The first-order valence-electron chi connectivity index (χ1n) is 10.1. The Labute approximate surface area is 184 Å². The zero-order chi connectivity index (χ0) is 23.1. The molecule has 32 heavy (non-hydrogen) atoms. The van der Waals surface area contributed by atoms with E-state index in [1.807, 2.05) is 0 Å². The summed E-state index contributed by atoms with van der Waals surface area (Å²) in [5, 5.41) is 37.7. The number of esters is 2. The summed E-state index contributed by atoms with van der Waals surface area (Å²) in [6.07, 6.45) is 6.94. The average Bonchev–Trinajstić information content (AvgIpc) is 2.77. The SMILES string of the molecule is O=C(/C=C/c1ccc(O)c(O)c1)O[C@H]1CCCC[C@H]1OC(=O)/C=C/c1ccc(O)c(O)c1. The summed E-state index contributed by atoms with van der Waals surface area (Å²) in [5.41, 5.74) is 1.02. The topological polar surface area (TPSA) is 134 Å². The van der Waals surface area contributed by atoms with Gasteiger partial charge in [0.1, 0.15) is 12.2 Å². The zero-order valence-electron chi connectivity index (χ0n) is 17.2. The summed E-state index contributed by atoms with van der Waals surface area (Å²) < 4.78 is 10.9. The third kappa shape index (κ3) is 6.28. The number of hydrogen-bond acceptors (Lipinski definition) is 8. The molecule has 3 rings (SSSR count). The molecule has 2 atom stereocenters. The first-order chi connectivity index (χ1) is 15.3. The molecule has 0 aromatic heterocycles. The predicted octanol–water partition coefficient (Wildman–Crippen LogP) is 3.63. The van der Waals surface area contributed by atoms with E-state index in [0.717, 1.165) is 12.8 Å². The molecule has 4 N–H and O–H groups in total. The fourth-order valence-corrected chi connectivity index (χ4v) is 3.33. The van der Waals surface area contributed by atoms with Crippen molar-refractivity contribution in [2.75, 3.05) is 0 Å². The molecule has 1 aliphatic rings. The Balaban J connectivity index is 1.57. The van der Waals surface area contributed by atoms with E-state index in [9.17, 15) is 30.0 Å². The van der Waals surface area contributed by atoms with Gasteiger partial charge in [-0.3, -0.25) is 0 Å². The standard InChI is InChI=1S/C24H24O8/c25-17-9-5-15(13-19(17)27)7-11-23(29)31-21-3-1-2-4-22(21)32-24(30)12-8-16-6-10-18(26)20(28)14-16/h5-14,21-22,25-28H,1-4H2/b11-7+,12-8+/t21-,22+. The molecule has 1 fully saturated rings. The van der Waals surface area contributed by atoms with Crippen molar-refractivity contribution in [3.63, 3.8) is 0 Å². The normalized spacial score (nSPS) is 18.6. The maximum Gasteiger partial charge on any atom is 0.331 e. The van der Waals surface area contributed by atoms with Gasteiger partial charge < -0.3 is 29.9 Å². The molecule has 0 aliphatic heterocycles. The third-order valence-electron chi connectivity index (χ3n) is 5.00. The van der Waals surface area contributed by atoms with Crippen molar-refractivity contribution in [2.24, 2.45) is 0 Å². The van der Waals surface area contributed by atoms with Crippen molar-refractivity contribution >= 4 is 24.1 Å². The molecule has 0 amide bonds. The van der Waals surface area contributed by atoms with E-state index in [1.54, 1.807) is 0 Å². The number of hydrogen-bond donors (Lipinski definition) is 4. The van der Waals surface area contributed by atoms with Crippen LogP contribution in [0.15, 0.2) is 48.6 Å². The van der Waals surface area contributed by atoms with Gasteiger partial charge in [-0.05, 0) is 73.2 Å². The van der Waals surface area contributed by atoms with Gasteiger partial charge >= 0.3 is 11.9 Å². The van der Waals surface area contributed by atoms with E-state index in [-0.39, 0.29) is 23.0 Å². The molecular weight excluding hydrogens is 416 g/mol. The third-order valence-corrected chi connectivity index (χ3v) is 5.00. The van der Waals surface area contributed by atoms with Gasteiger partial charge in [-0.2, -0.15) is 0 Å². The van der Waals surface area contributed by atoms with Crippen LogP contribution in [0.25, 0.3) is 12.2 Å². The summed E-state index contributed by atoms with van der Waals surface area (Å²) in [5.74, 6) is -2.33. The van der Waals surface area contributed by atoms with Crippen molar-refractivity contribution in [3.8, 4) is 23.0 Å². The van der Waals surface area contributed by atoms with Gasteiger partial charge in [0.05, 0.1) is 0 Å². The first-order valence-corrected chi connectivity index (χ1v) is 10.1. The molecule has 0 heterocycles. The Bertz CT molecular complexity index is 957. The summed E-state index contributed by atoms with van der Waals surface area (Å²) in [6.45, 7) is 0. The van der Waals surface area contributed by atoms with E-state index >= 15 is 0 Å². The van der Waals surface area contributed by atoms with E-state index in [0.29, 0.717) is 24.0 Å². The molecule has 0 unspecified atom stereocenters. The van der Waals surface area contributed by atoms with Gasteiger partial charge in [-0.1, -0.05) is 12.1 Å². The molecule has 0 saturated heterocycles. The predicted molar refractivity (Wildman–Crippen MR) is 116 cm³/mol. The van der Waals surface area contributed by atoms with Gasteiger partial charge in [-0.15, -0.1) is 0 Å².